The highest BCUT2D eigenvalue weighted by molar-refractivity contribution is 7.98. The number of thiazole rings is 1. The number of benzene rings is 1. The van der Waals surface area contributed by atoms with Crippen LogP contribution >= 0.6 is 23.1 Å². The molecule has 0 aliphatic heterocycles. The van der Waals surface area contributed by atoms with Crippen molar-refractivity contribution in [1.82, 2.24) is 24.7 Å². The van der Waals surface area contributed by atoms with E-state index in [1.54, 1.807) is 35.5 Å². The third-order valence-electron chi connectivity index (χ3n) is 4.14. The Bertz CT molecular complexity index is 1040. The molecule has 7 heteroatoms. The molecule has 1 aromatic carbocycles. The van der Waals surface area contributed by atoms with Crippen molar-refractivity contribution in [2.24, 2.45) is 0 Å². The van der Waals surface area contributed by atoms with Crippen LogP contribution in [0.3, 0.4) is 0 Å². The van der Waals surface area contributed by atoms with Crippen LogP contribution in [-0.2, 0) is 12.3 Å². The van der Waals surface area contributed by atoms with Gasteiger partial charge in [-0.25, -0.2) is 4.98 Å². The van der Waals surface area contributed by atoms with Crippen molar-refractivity contribution >= 4 is 23.1 Å². The van der Waals surface area contributed by atoms with Gasteiger partial charge in [0.15, 0.2) is 11.0 Å². The zero-order valence-electron chi connectivity index (χ0n) is 15.2. The van der Waals surface area contributed by atoms with Crippen molar-refractivity contribution in [3.8, 4) is 22.0 Å². The standard InChI is InChI=1S/C20H19N5S2/c1-3-25-18(15-7-9-21-10-8-15)23-24-20(25)27-13-17-12-26-19(22-17)16-6-4-5-14(2)11-16/h4-12H,3,13H2,1-2H3. The Hall–Kier alpha value is -2.51. The molecule has 0 unspecified atom stereocenters. The van der Waals surface area contributed by atoms with Crippen LogP contribution in [0, 0.1) is 6.92 Å². The maximum absolute atomic E-state index is 4.79. The number of hydrogen-bond acceptors (Lipinski definition) is 6. The Kier molecular flexibility index (Phi) is 5.31. The third-order valence-corrected chi connectivity index (χ3v) is 6.08. The predicted octanol–water partition coefficient (Wildman–Crippen LogP) is 5.08. The molecule has 0 aliphatic carbocycles. The first-order valence-electron chi connectivity index (χ1n) is 8.72. The normalized spacial score (nSPS) is 11.0. The molecular formula is C20H19N5S2. The first kappa shape index (κ1) is 17.9. The molecule has 0 radical (unpaired) electrons. The van der Waals surface area contributed by atoms with E-state index < -0.39 is 0 Å². The summed E-state index contributed by atoms with van der Waals surface area (Å²) in [6.07, 6.45) is 3.55. The molecule has 0 fully saturated rings. The van der Waals surface area contributed by atoms with Crippen molar-refractivity contribution in [2.45, 2.75) is 31.3 Å². The van der Waals surface area contributed by atoms with Gasteiger partial charge in [0.05, 0.1) is 5.69 Å². The zero-order chi connectivity index (χ0) is 18.6. The summed E-state index contributed by atoms with van der Waals surface area (Å²) in [7, 11) is 0. The first-order chi connectivity index (χ1) is 13.2. The molecule has 3 aromatic heterocycles. The summed E-state index contributed by atoms with van der Waals surface area (Å²) in [5.41, 5.74) is 4.52. The SMILES string of the molecule is CCn1c(SCc2csc(-c3cccc(C)c3)n2)nnc1-c1ccncc1. The lowest BCUT2D eigenvalue weighted by atomic mass is 10.1. The third kappa shape index (κ3) is 3.94. The Labute approximate surface area is 166 Å². The number of aryl methyl sites for hydroxylation is 1. The van der Waals surface area contributed by atoms with Crippen LogP contribution in [0.1, 0.15) is 18.2 Å². The Balaban J connectivity index is 1.51. The van der Waals surface area contributed by atoms with E-state index in [-0.39, 0.29) is 0 Å². The summed E-state index contributed by atoms with van der Waals surface area (Å²) in [6.45, 7) is 5.03. The lowest BCUT2D eigenvalue weighted by molar-refractivity contribution is 0.687. The number of rotatable bonds is 6. The van der Waals surface area contributed by atoms with Crippen molar-refractivity contribution in [1.29, 1.82) is 0 Å². The van der Waals surface area contributed by atoms with Crippen LogP contribution in [0.4, 0.5) is 0 Å². The highest BCUT2D eigenvalue weighted by Gasteiger charge is 2.14. The van der Waals surface area contributed by atoms with Gasteiger partial charge in [-0.3, -0.25) is 4.98 Å². The van der Waals surface area contributed by atoms with Gasteiger partial charge in [-0.15, -0.1) is 21.5 Å². The Morgan fingerprint density at radius 3 is 2.70 bits per heavy atom. The van der Waals surface area contributed by atoms with E-state index in [1.807, 2.05) is 12.1 Å². The van der Waals surface area contributed by atoms with Crippen LogP contribution in [0.2, 0.25) is 0 Å². The number of thioether (sulfide) groups is 1. The molecule has 0 aliphatic rings. The van der Waals surface area contributed by atoms with Crippen molar-refractivity contribution < 1.29 is 0 Å². The molecule has 5 nitrogen and oxygen atoms in total. The fourth-order valence-electron chi connectivity index (χ4n) is 2.82. The van der Waals surface area contributed by atoms with Gasteiger partial charge < -0.3 is 4.57 Å². The van der Waals surface area contributed by atoms with Gasteiger partial charge in [-0.2, -0.15) is 0 Å². The zero-order valence-corrected chi connectivity index (χ0v) is 16.8. The fraction of sp³-hybridized carbons (Fsp3) is 0.200. The Morgan fingerprint density at radius 1 is 1.07 bits per heavy atom. The second kappa shape index (κ2) is 8.02. The smallest absolute Gasteiger partial charge is 0.191 e. The second-order valence-corrected chi connectivity index (χ2v) is 7.89. The average Bonchev–Trinajstić information content (AvgIpc) is 3.34. The molecule has 0 saturated carbocycles. The lowest BCUT2D eigenvalue weighted by Gasteiger charge is -2.06. The quantitative estimate of drug-likeness (QED) is 0.427. The minimum Gasteiger partial charge on any atom is -0.302 e. The summed E-state index contributed by atoms with van der Waals surface area (Å²) in [4.78, 5) is 8.86. The Morgan fingerprint density at radius 2 is 1.93 bits per heavy atom. The lowest BCUT2D eigenvalue weighted by Crippen LogP contribution is -2.00. The van der Waals surface area contributed by atoms with Crippen molar-refractivity contribution in [2.75, 3.05) is 0 Å². The molecule has 0 amide bonds. The molecule has 3 heterocycles. The van der Waals surface area contributed by atoms with E-state index in [0.717, 1.165) is 39.5 Å². The van der Waals surface area contributed by atoms with Crippen LogP contribution in [0.15, 0.2) is 59.3 Å². The van der Waals surface area contributed by atoms with E-state index >= 15 is 0 Å². The maximum Gasteiger partial charge on any atom is 0.191 e. The van der Waals surface area contributed by atoms with Gasteiger partial charge >= 0.3 is 0 Å². The second-order valence-electron chi connectivity index (χ2n) is 6.09. The summed E-state index contributed by atoms with van der Waals surface area (Å²) < 4.78 is 2.13. The molecule has 0 bridgehead atoms. The van der Waals surface area contributed by atoms with Crippen LogP contribution in [0.25, 0.3) is 22.0 Å². The van der Waals surface area contributed by atoms with Gasteiger partial charge in [0.25, 0.3) is 0 Å². The van der Waals surface area contributed by atoms with E-state index in [2.05, 4.69) is 63.2 Å². The number of pyridine rings is 1. The van der Waals surface area contributed by atoms with Crippen LogP contribution in [0.5, 0.6) is 0 Å². The number of nitrogens with zero attached hydrogens (tertiary/aromatic N) is 5. The molecule has 0 atom stereocenters. The largest absolute Gasteiger partial charge is 0.302 e. The number of aromatic nitrogens is 5. The molecule has 136 valence electrons. The van der Waals surface area contributed by atoms with E-state index in [1.165, 1.54) is 11.1 Å². The molecule has 4 aromatic rings. The van der Waals surface area contributed by atoms with E-state index in [0.29, 0.717) is 0 Å². The molecule has 4 rings (SSSR count). The first-order valence-corrected chi connectivity index (χ1v) is 10.6. The molecule has 0 N–H and O–H groups in total. The highest BCUT2D eigenvalue weighted by atomic mass is 32.2. The minimum absolute atomic E-state index is 0.775. The van der Waals surface area contributed by atoms with Gasteiger partial charge in [0.1, 0.15) is 5.01 Å². The topological polar surface area (TPSA) is 56.5 Å². The summed E-state index contributed by atoms with van der Waals surface area (Å²) in [6, 6.07) is 12.4. The summed E-state index contributed by atoms with van der Waals surface area (Å²) in [5.74, 6) is 1.65. The van der Waals surface area contributed by atoms with Gasteiger partial charge in [0, 0.05) is 41.2 Å². The summed E-state index contributed by atoms with van der Waals surface area (Å²) >= 11 is 3.35. The fourth-order valence-corrected chi connectivity index (χ4v) is 4.63. The predicted molar refractivity (Wildman–Crippen MR) is 111 cm³/mol. The van der Waals surface area contributed by atoms with Crippen LogP contribution in [-0.4, -0.2) is 24.7 Å². The van der Waals surface area contributed by atoms with E-state index in [9.17, 15) is 0 Å². The number of hydrogen-bond donors (Lipinski definition) is 0. The van der Waals surface area contributed by atoms with Crippen molar-refractivity contribution in [3.05, 3.63) is 65.4 Å². The van der Waals surface area contributed by atoms with Gasteiger partial charge in [-0.1, -0.05) is 35.5 Å². The molecular weight excluding hydrogens is 374 g/mol. The summed E-state index contributed by atoms with van der Waals surface area (Å²) in [5, 5.41) is 12.9. The van der Waals surface area contributed by atoms with Crippen LogP contribution < -0.4 is 0 Å². The van der Waals surface area contributed by atoms with Gasteiger partial charge in [-0.05, 0) is 32.0 Å². The molecule has 0 spiro atoms. The molecule has 0 saturated heterocycles. The van der Waals surface area contributed by atoms with E-state index in [4.69, 9.17) is 4.98 Å². The highest BCUT2D eigenvalue weighted by Crippen LogP contribution is 2.29. The average molecular weight is 394 g/mol. The monoisotopic (exact) mass is 393 g/mol. The van der Waals surface area contributed by atoms with Gasteiger partial charge in [0.2, 0.25) is 0 Å². The molecule has 27 heavy (non-hydrogen) atoms. The maximum atomic E-state index is 4.79. The van der Waals surface area contributed by atoms with Crippen molar-refractivity contribution in [3.63, 3.8) is 0 Å². The minimum atomic E-state index is 0.775.